The molecule has 4 N–H and O–H groups in total. The highest BCUT2D eigenvalue weighted by molar-refractivity contribution is 7.89. The Morgan fingerprint density at radius 2 is 1.72 bits per heavy atom. The molecule has 0 heterocycles. The second-order valence-electron chi connectivity index (χ2n) is 3.24. The summed E-state index contributed by atoms with van der Waals surface area (Å²) in [5.41, 5.74) is 0.248. The summed E-state index contributed by atoms with van der Waals surface area (Å²) >= 11 is 0. The lowest BCUT2D eigenvalue weighted by molar-refractivity contribution is -0.139. The molecule has 0 radical (unpaired) electrons. The van der Waals surface area contributed by atoms with Gasteiger partial charge in [0.05, 0.1) is 4.90 Å². The quantitative estimate of drug-likeness (QED) is 0.433. The maximum atomic E-state index is 11.2. The van der Waals surface area contributed by atoms with Crippen molar-refractivity contribution in [3.05, 3.63) is 24.3 Å². The van der Waals surface area contributed by atoms with Crippen molar-refractivity contribution in [3.8, 4) is 0 Å². The summed E-state index contributed by atoms with van der Waals surface area (Å²) in [7, 11) is -3.96. The molecule has 1 amide bonds. The van der Waals surface area contributed by atoms with Crippen molar-refractivity contribution >= 4 is 27.6 Å². The van der Waals surface area contributed by atoms with Gasteiger partial charge in [-0.25, -0.2) is 8.42 Å². The molecule has 0 atom stereocenters. The molecule has 0 aliphatic rings. The van der Waals surface area contributed by atoms with E-state index in [1.807, 2.05) is 0 Å². The molecule has 0 aliphatic heterocycles. The van der Waals surface area contributed by atoms with Gasteiger partial charge in [-0.2, -0.15) is 0 Å². The Morgan fingerprint density at radius 1 is 1.17 bits per heavy atom. The summed E-state index contributed by atoms with van der Waals surface area (Å²) in [5, 5.41) is 19.0. The van der Waals surface area contributed by atoms with E-state index in [4.69, 9.17) is 10.3 Å². The predicted molar refractivity (Wildman–Crippen MR) is 59.4 cm³/mol. The lowest BCUT2D eigenvalue weighted by Gasteiger charge is -2.05. The highest BCUT2D eigenvalue weighted by atomic mass is 32.2. The van der Waals surface area contributed by atoms with Gasteiger partial charge in [0.1, 0.15) is 6.42 Å². The SMILES string of the molecule is O=C(O)CC(=O)Nc1ccc(S(=O)(=O)NO)cc1. The molecular weight excluding hydrogens is 264 g/mol. The fraction of sp³-hybridized carbons (Fsp3) is 0.111. The van der Waals surface area contributed by atoms with E-state index in [9.17, 15) is 18.0 Å². The first-order valence-corrected chi connectivity index (χ1v) is 6.11. The summed E-state index contributed by atoms with van der Waals surface area (Å²) in [6, 6.07) is 4.83. The number of hydrogen-bond donors (Lipinski definition) is 4. The van der Waals surface area contributed by atoms with Crippen LogP contribution in [0.15, 0.2) is 29.2 Å². The van der Waals surface area contributed by atoms with Gasteiger partial charge in [-0.3, -0.25) is 9.59 Å². The summed E-state index contributed by atoms with van der Waals surface area (Å²) in [6.07, 6.45) is -0.682. The number of benzene rings is 1. The number of carbonyl (C=O) groups excluding carboxylic acids is 1. The minimum absolute atomic E-state index is 0.193. The molecule has 0 saturated heterocycles. The maximum absolute atomic E-state index is 11.2. The second kappa shape index (κ2) is 5.58. The van der Waals surface area contributed by atoms with Crippen LogP contribution in [-0.2, 0) is 19.6 Å². The number of carbonyl (C=O) groups is 2. The Hall–Kier alpha value is -1.97. The number of carboxylic acid groups (broad SMARTS) is 1. The van der Waals surface area contributed by atoms with Crippen LogP contribution in [0.4, 0.5) is 5.69 Å². The van der Waals surface area contributed by atoms with E-state index >= 15 is 0 Å². The van der Waals surface area contributed by atoms with E-state index in [0.717, 1.165) is 17.0 Å². The molecule has 1 aromatic rings. The predicted octanol–water partition coefficient (Wildman–Crippen LogP) is -0.233. The molecule has 0 aromatic heterocycles. The van der Waals surface area contributed by atoms with E-state index in [1.54, 1.807) is 0 Å². The molecule has 1 aromatic carbocycles. The molecule has 9 heteroatoms. The third-order valence-electron chi connectivity index (χ3n) is 1.88. The summed E-state index contributed by atoms with van der Waals surface area (Å²) < 4.78 is 22.3. The molecule has 0 spiro atoms. The van der Waals surface area contributed by atoms with Crippen molar-refractivity contribution in [3.63, 3.8) is 0 Å². The van der Waals surface area contributed by atoms with Crippen molar-refractivity contribution in [2.45, 2.75) is 11.3 Å². The fourth-order valence-corrected chi connectivity index (χ4v) is 1.71. The largest absolute Gasteiger partial charge is 0.481 e. The van der Waals surface area contributed by atoms with Gasteiger partial charge in [0.25, 0.3) is 10.0 Å². The Morgan fingerprint density at radius 3 is 2.17 bits per heavy atom. The highest BCUT2D eigenvalue weighted by Gasteiger charge is 2.12. The van der Waals surface area contributed by atoms with Crippen molar-refractivity contribution in [1.82, 2.24) is 4.89 Å². The van der Waals surface area contributed by atoms with Crippen LogP contribution < -0.4 is 10.2 Å². The van der Waals surface area contributed by atoms with Crippen LogP contribution in [0.5, 0.6) is 0 Å². The highest BCUT2D eigenvalue weighted by Crippen LogP contribution is 2.13. The number of carboxylic acids is 1. The van der Waals surface area contributed by atoms with Crippen molar-refractivity contribution in [1.29, 1.82) is 0 Å². The molecule has 8 nitrogen and oxygen atoms in total. The van der Waals surface area contributed by atoms with E-state index in [2.05, 4.69) is 5.32 Å². The second-order valence-corrected chi connectivity index (χ2v) is 4.90. The summed E-state index contributed by atoms with van der Waals surface area (Å²) in [5.74, 6) is -1.99. The Balaban J connectivity index is 2.78. The Labute approximate surface area is 102 Å². The number of aliphatic carboxylic acids is 1. The molecule has 98 valence electrons. The number of anilines is 1. The lowest BCUT2D eigenvalue weighted by atomic mass is 10.3. The number of sulfonamides is 1. The normalized spacial score (nSPS) is 10.9. The third-order valence-corrected chi connectivity index (χ3v) is 3.01. The molecule has 0 fully saturated rings. The zero-order chi connectivity index (χ0) is 13.8. The molecule has 0 aliphatic carbocycles. The minimum Gasteiger partial charge on any atom is -0.481 e. The van der Waals surface area contributed by atoms with Crippen molar-refractivity contribution in [2.24, 2.45) is 0 Å². The van der Waals surface area contributed by atoms with Crippen LogP contribution in [-0.4, -0.2) is 30.6 Å². The molecule has 18 heavy (non-hydrogen) atoms. The number of nitrogens with one attached hydrogen (secondary N) is 2. The first-order chi connectivity index (χ1) is 8.35. The Kier molecular flexibility index (Phi) is 4.37. The van der Waals surface area contributed by atoms with Crippen molar-refractivity contribution < 1.29 is 28.3 Å². The van der Waals surface area contributed by atoms with Gasteiger partial charge in [0, 0.05) is 5.69 Å². The maximum Gasteiger partial charge on any atom is 0.312 e. The smallest absolute Gasteiger partial charge is 0.312 e. The van der Waals surface area contributed by atoms with Gasteiger partial charge in [0.15, 0.2) is 0 Å². The topological polar surface area (TPSA) is 133 Å². The molecule has 0 bridgehead atoms. The first-order valence-electron chi connectivity index (χ1n) is 4.63. The van der Waals surface area contributed by atoms with Crippen molar-refractivity contribution in [2.75, 3.05) is 5.32 Å². The van der Waals surface area contributed by atoms with Crippen LogP contribution in [0.2, 0.25) is 0 Å². The summed E-state index contributed by atoms with van der Waals surface area (Å²) in [6.45, 7) is 0. The van der Waals surface area contributed by atoms with E-state index in [-0.39, 0.29) is 10.6 Å². The molecule has 0 unspecified atom stereocenters. The van der Waals surface area contributed by atoms with Gasteiger partial charge < -0.3 is 15.6 Å². The average molecular weight is 274 g/mol. The average Bonchev–Trinajstić information content (AvgIpc) is 2.28. The standard InChI is InChI=1S/C9H10N2O6S/c12-8(5-9(13)14)10-6-1-3-7(4-2-6)18(16,17)11-15/h1-4,11,15H,5H2,(H,10,12)(H,13,14). The zero-order valence-corrected chi connectivity index (χ0v) is 9.77. The molecular formula is C9H10N2O6S. The zero-order valence-electron chi connectivity index (χ0n) is 8.95. The fourth-order valence-electron chi connectivity index (χ4n) is 1.11. The van der Waals surface area contributed by atoms with E-state index < -0.39 is 28.3 Å². The first kappa shape index (κ1) is 14.1. The lowest BCUT2D eigenvalue weighted by Crippen LogP contribution is -2.19. The van der Waals surface area contributed by atoms with Crippen LogP contribution in [0, 0.1) is 0 Å². The van der Waals surface area contributed by atoms with Gasteiger partial charge in [0.2, 0.25) is 5.91 Å². The number of rotatable bonds is 5. The monoisotopic (exact) mass is 274 g/mol. The third kappa shape index (κ3) is 3.80. The van der Waals surface area contributed by atoms with Gasteiger partial charge in [-0.05, 0) is 24.3 Å². The van der Waals surface area contributed by atoms with Crippen LogP contribution in [0.1, 0.15) is 6.42 Å². The van der Waals surface area contributed by atoms with E-state index in [1.165, 1.54) is 12.1 Å². The number of hydrogen-bond acceptors (Lipinski definition) is 5. The van der Waals surface area contributed by atoms with Gasteiger partial charge in [-0.1, -0.05) is 4.89 Å². The molecule has 0 saturated carbocycles. The van der Waals surface area contributed by atoms with E-state index in [0.29, 0.717) is 0 Å². The van der Waals surface area contributed by atoms with Gasteiger partial charge >= 0.3 is 5.97 Å². The Bertz CT molecular complexity index is 551. The summed E-state index contributed by atoms with van der Waals surface area (Å²) in [4.78, 5) is 22.3. The van der Waals surface area contributed by atoms with Crippen LogP contribution in [0.25, 0.3) is 0 Å². The van der Waals surface area contributed by atoms with Crippen LogP contribution >= 0.6 is 0 Å². The van der Waals surface area contributed by atoms with Gasteiger partial charge in [-0.15, -0.1) is 0 Å². The van der Waals surface area contributed by atoms with Crippen LogP contribution in [0.3, 0.4) is 0 Å². The minimum atomic E-state index is -3.96. The number of amides is 1. The molecule has 1 rings (SSSR count).